The molecule has 182 valence electrons. The molecule has 0 saturated heterocycles. The summed E-state index contributed by atoms with van der Waals surface area (Å²) >= 11 is 7.92. The van der Waals surface area contributed by atoms with Gasteiger partial charge in [-0.15, -0.1) is 5.10 Å². The van der Waals surface area contributed by atoms with Gasteiger partial charge in [-0.05, 0) is 54.5 Å². The maximum atomic E-state index is 12.9. The Balaban J connectivity index is 1.21. The molecule has 0 spiro atoms. The molecule has 0 amide bonds. The van der Waals surface area contributed by atoms with Gasteiger partial charge in [-0.3, -0.25) is 9.78 Å². The molecule has 0 radical (unpaired) electrons. The maximum Gasteiger partial charge on any atom is 0.253 e. The maximum absolute atomic E-state index is 12.9. The van der Waals surface area contributed by atoms with Gasteiger partial charge in [0.05, 0.1) is 28.5 Å². The number of pyridine rings is 2. The molecule has 10 nitrogen and oxygen atoms in total. The summed E-state index contributed by atoms with van der Waals surface area (Å²) in [6.07, 6.45) is 5.65. The first-order valence-electron chi connectivity index (χ1n) is 11.5. The minimum absolute atomic E-state index is 0.200. The Hall–Kier alpha value is -3.83. The highest BCUT2D eigenvalue weighted by atomic mass is 35.5. The largest absolute Gasteiger partial charge is 0.486 e. The second-order valence-corrected chi connectivity index (χ2v) is 10.0. The van der Waals surface area contributed by atoms with Crippen molar-refractivity contribution in [1.29, 1.82) is 0 Å². The van der Waals surface area contributed by atoms with Crippen molar-refractivity contribution in [2.24, 2.45) is 0 Å². The van der Waals surface area contributed by atoms with Crippen LogP contribution in [0.15, 0.2) is 53.6 Å². The summed E-state index contributed by atoms with van der Waals surface area (Å²) in [5.74, 6) is 1.76. The molecule has 1 atom stereocenters. The molecule has 6 rings (SSSR count). The molecule has 2 N–H and O–H groups in total. The fourth-order valence-electron chi connectivity index (χ4n) is 3.93. The Morgan fingerprint density at radius 2 is 2.17 bits per heavy atom. The van der Waals surface area contributed by atoms with E-state index in [0.29, 0.717) is 32.9 Å². The van der Waals surface area contributed by atoms with Gasteiger partial charge in [0.25, 0.3) is 5.56 Å². The van der Waals surface area contributed by atoms with Gasteiger partial charge in [0, 0.05) is 29.1 Å². The topological polar surface area (TPSA) is 124 Å². The van der Waals surface area contributed by atoms with Crippen LogP contribution in [0.4, 0.5) is 5.13 Å². The number of benzene rings is 1. The molecule has 1 unspecified atom stereocenters. The van der Waals surface area contributed by atoms with E-state index in [4.69, 9.17) is 16.3 Å². The summed E-state index contributed by atoms with van der Waals surface area (Å²) in [5, 5.41) is 18.1. The number of thiazole rings is 1. The van der Waals surface area contributed by atoms with Crippen molar-refractivity contribution in [1.82, 2.24) is 35.2 Å². The predicted molar refractivity (Wildman–Crippen MR) is 137 cm³/mol. The van der Waals surface area contributed by atoms with E-state index in [9.17, 15) is 4.79 Å². The van der Waals surface area contributed by atoms with Crippen LogP contribution < -0.4 is 15.6 Å². The van der Waals surface area contributed by atoms with Gasteiger partial charge in [-0.25, -0.2) is 4.98 Å². The number of halogens is 1. The van der Waals surface area contributed by atoms with E-state index < -0.39 is 0 Å². The van der Waals surface area contributed by atoms with Gasteiger partial charge >= 0.3 is 0 Å². The number of H-pyrrole nitrogens is 1. The summed E-state index contributed by atoms with van der Waals surface area (Å²) in [6.45, 7) is 2.19. The smallest absolute Gasteiger partial charge is 0.253 e. The van der Waals surface area contributed by atoms with Crippen molar-refractivity contribution < 1.29 is 4.74 Å². The van der Waals surface area contributed by atoms with Crippen molar-refractivity contribution in [2.75, 3.05) is 5.32 Å². The number of nitrogens with one attached hydrogen (secondary N) is 2. The van der Waals surface area contributed by atoms with E-state index in [-0.39, 0.29) is 18.2 Å². The van der Waals surface area contributed by atoms with Crippen LogP contribution in [-0.4, -0.2) is 35.2 Å². The number of fused-ring (bicyclic) bond motifs is 1. The zero-order valence-corrected chi connectivity index (χ0v) is 20.8. The number of rotatable bonds is 8. The molecule has 1 aromatic carbocycles. The third-order valence-electron chi connectivity index (χ3n) is 5.97. The Kier molecular flexibility index (Phi) is 5.86. The molecular weight excluding hydrogens is 500 g/mol. The first kappa shape index (κ1) is 22.6. The molecule has 1 fully saturated rings. The lowest BCUT2D eigenvalue weighted by atomic mass is 10.1. The SMILES string of the molecule is CC(Nc1ncc(-n2nnnc2C2CC2)s1)c1cc2cc(Cl)c(OCc3ccccn3)cc2[nH]c1=O. The lowest BCUT2D eigenvalue weighted by Gasteiger charge is -2.14. The molecule has 5 aromatic rings. The van der Waals surface area contributed by atoms with Crippen LogP contribution in [0.25, 0.3) is 15.9 Å². The van der Waals surface area contributed by atoms with Crippen LogP contribution in [0, 0.1) is 0 Å². The highest BCUT2D eigenvalue weighted by Gasteiger charge is 2.30. The number of aromatic nitrogens is 7. The Morgan fingerprint density at radius 1 is 1.28 bits per heavy atom. The van der Waals surface area contributed by atoms with Crippen molar-refractivity contribution in [3.8, 4) is 10.8 Å². The highest BCUT2D eigenvalue weighted by Crippen LogP contribution is 2.40. The van der Waals surface area contributed by atoms with Crippen LogP contribution in [0.5, 0.6) is 5.75 Å². The molecule has 0 aliphatic heterocycles. The molecular formula is C24H21ClN8O2S. The second-order valence-electron chi connectivity index (χ2n) is 8.63. The third-order valence-corrected chi connectivity index (χ3v) is 7.17. The first-order chi connectivity index (χ1) is 17.5. The van der Waals surface area contributed by atoms with Crippen LogP contribution in [-0.2, 0) is 6.61 Å². The molecule has 4 aromatic heterocycles. The number of nitrogens with zero attached hydrogens (tertiary/aromatic N) is 6. The summed E-state index contributed by atoms with van der Waals surface area (Å²) in [7, 11) is 0. The fraction of sp³-hybridized carbons (Fsp3) is 0.250. The monoisotopic (exact) mass is 520 g/mol. The van der Waals surface area contributed by atoms with Crippen molar-refractivity contribution >= 4 is 39.0 Å². The average Bonchev–Trinajstić information content (AvgIpc) is 3.42. The lowest BCUT2D eigenvalue weighted by Crippen LogP contribution is -2.19. The summed E-state index contributed by atoms with van der Waals surface area (Å²) in [6, 6.07) is 10.7. The summed E-state index contributed by atoms with van der Waals surface area (Å²) in [4.78, 5) is 24.6. The van der Waals surface area contributed by atoms with Crippen LogP contribution in [0.1, 0.15) is 48.8 Å². The first-order valence-corrected chi connectivity index (χ1v) is 12.6. The van der Waals surface area contributed by atoms with Gasteiger partial charge in [-0.1, -0.05) is 29.0 Å². The predicted octanol–water partition coefficient (Wildman–Crippen LogP) is 4.64. The van der Waals surface area contributed by atoms with E-state index in [1.165, 1.54) is 11.3 Å². The molecule has 0 bridgehead atoms. The summed E-state index contributed by atoms with van der Waals surface area (Å²) < 4.78 is 7.58. The number of tetrazole rings is 1. The second kappa shape index (κ2) is 9.32. The van der Waals surface area contributed by atoms with Crippen molar-refractivity contribution in [2.45, 2.75) is 38.3 Å². The van der Waals surface area contributed by atoms with E-state index in [2.05, 4.69) is 35.8 Å². The van der Waals surface area contributed by atoms with Gasteiger partial charge in [0.2, 0.25) is 0 Å². The normalized spacial score (nSPS) is 14.2. The van der Waals surface area contributed by atoms with Crippen molar-refractivity contribution in [3.63, 3.8) is 0 Å². The molecule has 12 heteroatoms. The van der Waals surface area contributed by atoms with Gasteiger partial charge in [0.1, 0.15) is 17.4 Å². The Morgan fingerprint density at radius 3 is 2.97 bits per heavy atom. The standard InChI is InChI=1S/C24H21ClN8O2S/c1-13(28-24-27-11-21(36-24)33-22(14-5-6-14)30-31-32-33)17-8-15-9-18(25)20(10-19(15)29-23(17)34)35-12-16-4-2-3-7-26-16/h2-4,7-11,13-14H,5-6,12H2,1H3,(H,27,28)(H,29,34). The number of aromatic amines is 1. The van der Waals surface area contributed by atoms with Gasteiger partial charge < -0.3 is 15.0 Å². The minimum Gasteiger partial charge on any atom is -0.486 e. The Labute approximate surface area is 214 Å². The van der Waals surface area contributed by atoms with Crippen LogP contribution in [0.3, 0.4) is 0 Å². The molecule has 1 saturated carbocycles. The van der Waals surface area contributed by atoms with E-state index in [0.717, 1.165) is 34.7 Å². The molecule has 4 heterocycles. The van der Waals surface area contributed by atoms with E-state index in [1.807, 2.05) is 31.2 Å². The zero-order valence-electron chi connectivity index (χ0n) is 19.2. The Bertz CT molecular complexity index is 1600. The van der Waals surface area contributed by atoms with Crippen LogP contribution in [0.2, 0.25) is 5.02 Å². The summed E-state index contributed by atoms with van der Waals surface area (Å²) in [5.41, 5.74) is 1.79. The third kappa shape index (κ3) is 4.54. The zero-order chi connectivity index (χ0) is 24.6. The number of hydrogen-bond donors (Lipinski definition) is 2. The quantitative estimate of drug-likeness (QED) is 0.303. The minimum atomic E-state index is -0.298. The molecule has 36 heavy (non-hydrogen) atoms. The van der Waals surface area contributed by atoms with Crippen LogP contribution >= 0.6 is 22.9 Å². The van der Waals surface area contributed by atoms with E-state index >= 15 is 0 Å². The van der Waals surface area contributed by atoms with Gasteiger partial charge in [-0.2, -0.15) is 4.68 Å². The lowest BCUT2D eigenvalue weighted by molar-refractivity contribution is 0.302. The highest BCUT2D eigenvalue weighted by molar-refractivity contribution is 7.17. The number of ether oxygens (including phenoxy) is 1. The van der Waals surface area contributed by atoms with Gasteiger partial charge in [0.15, 0.2) is 11.0 Å². The fourth-order valence-corrected chi connectivity index (χ4v) is 5.02. The number of anilines is 1. The molecule has 1 aliphatic carbocycles. The molecule has 1 aliphatic rings. The average molecular weight is 521 g/mol. The van der Waals surface area contributed by atoms with Crippen molar-refractivity contribution in [3.05, 3.63) is 81.3 Å². The van der Waals surface area contributed by atoms with E-state index in [1.54, 1.807) is 29.2 Å². The number of hydrogen-bond acceptors (Lipinski definition) is 9.